The van der Waals surface area contributed by atoms with Gasteiger partial charge < -0.3 is 13.9 Å². The van der Waals surface area contributed by atoms with Gasteiger partial charge in [-0.3, -0.25) is 4.79 Å². The summed E-state index contributed by atoms with van der Waals surface area (Å²) in [5, 5.41) is 2.46. The molecule has 0 N–H and O–H groups in total. The maximum Gasteiger partial charge on any atom is 0.311 e. The van der Waals surface area contributed by atoms with Crippen LogP contribution < -0.4 is 10.4 Å². The third-order valence-electron chi connectivity index (χ3n) is 6.77. The molecule has 2 heterocycles. The number of carbonyl (C=O) groups excluding carboxylic acids is 1. The number of benzene rings is 2. The van der Waals surface area contributed by atoms with Gasteiger partial charge in [0, 0.05) is 3.92 Å². The predicted octanol–water partition coefficient (Wildman–Crippen LogP) is 4.48. The quantitative estimate of drug-likeness (QED) is 0.233. The Morgan fingerprint density at radius 2 is 1.59 bits per heavy atom. The van der Waals surface area contributed by atoms with E-state index in [2.05, 4.69) is 104 Å². The Labute approximate surface area is 206 Å². The Morgan fingerprint density at radius 3 is 2.16 bits per heavy atom. The van der Waals surface area contributed by atoms with Gasteiger partial charge in [0.2, 0.25) is 0 Å². The van der Waals surface area contributed by atoms with E-state index in [1.165, 1.54) is 10.4 Å². The SMILES string of the molecule is CC(C)(C)[Si](OC[C@H]1O[C@H]2COC(=O)[C@H]2CCCC1I)(c1ccccc1)c1ccccc1. The largest absolute Gasteiger partial charge is 0.463 e. The maximum absolute atomic E-state index is 12.2. The second-order valence-electron chi connectivity index (χ2n) is 9.87. The van der Waals surface area contributed by atoms with Crippen molar-refractivity contribution in [3.8, 4) is 0 Å². The highest BCUT2D eigenvalue weighted by molar-refractivity contribution is 14.1. The van der Waals surface area contributed by atoms with Crippen molar-refractivity contribution in [2.45, 2.75) is 61.2 Å². The lowest BCUT2D eigenvalue weighted by molar-refractivity contribution is -0.141. The molecule has 0 bridgehead atoms. The molecule has 0 aromatic heterocycles. The summed E-state index contributed by atoms with van der Waals surface area (Å²) < 4.78 is 19.3. The summed E-state index contributed by atoms with van der Waals surface area (Å²) in [5.41, 5.74) is 0. The monoisotopic (exact) mass is 564 g/mol. The van der Waals surface area contributed by atoms with Crippen LogP contribution in [0.25, 0.3) is 0 Å². The van der Waals surface area contributed by atoms with E-state index >= 15 is 0 Å². The minimum atomic E-state index is -2.62. The fourth-order valence-electron chi connectivity index (χ4n) is 5.12. The van der Waals surface area contributed by atoms with E-state index in [9.17, 15) is 4.79 Å². The first kappa shape index (κ1) is 23.9. The summed E-state index contributed by atoms with van der Waals surface area (Å²) in [5.74, 6) is -0.233. The van der Waals surface area contributed by atoms with Crippen LogP contribution in [-0.4, -0.2) is 43.6 Å². The van der Waals surface area contributed by atoms with E-state index in [-0.39, 0.29) is 29.1 Å². The lowest BCUT2D eigenvalue weighted by atomic mass is 9.95. The molecule has 0 aliphatic carbocycles. The normalized spacial score (nSPS) is 26.7. The van der Waals surface area contributed by atoms with E-state index in [4.69, 9.17) is 13.9 Å². The van der Waals surface area contributed by atoms with Gasteiger partial charge >= 0.3 is 5.97 Å². The fourth-order valence-corrected chi connectivity index (χ4v) is 10.5. The Bertz CT molecular complexity index is 860. The Morgan fingerprint density at radius 1 is 1.00 bits per heavy atom. The molecular weight excluding hydrogens is 531 g/mol. The number of esters is 1. The van der Waals surface area contributed by atoms with Crippen molar-refractivity contribution in [3.63, 3.8) is 0 Å². The van der Waals surface area contributed by atoms with E-state index in [0.29, 0.717) is 17.1 Å². The third-order valence-corrected chi connectivity index (χ3v) is 13.2. The maximum atomic E-state index is 12.2. The number of alkyl halides is 1. The molecule has 2 fully saturated rings. The number of ether oxygens (including phenoxy) is 2. The second kappa shape index (κ2) is 9.95. The molecule has 172 valence electrons. The van der Waals surface area contributed by atoms with Crippen molar-refractivity contribution in [2.24, 2.45) is 5.92 Å². The molecule has 2 aliphatic heterocycles. The first-order valence-electron chi connectivity index (χ1n) is 11.5. The summed E-state index contributed by atoms with van der Waals surface area (Å²) in [6.07, 6.45) is 2.66. The van der Waals surface area contributed by atoms with Crippen molar-refractivity contribution in [2.75, 3.05) is 13.2 Å². The molecule has 2 aliphatic rings. The van der Waals surface area contributed by atoms with Crippen LogP contribution in [0.3, 0.4) is 0 Å². The van der Waals surface area contributed by atoms with E-state index < -0.39 is 8.32 Å². The highest BCUT2D eigenvalue weighted by Crippen LogP contribution is 2.38. The average molecular weight is 565 g/mol. The van der Waals surface area contributed by atoms with E-state index in [1.807, 2.05) is 0 Å². The highest BCUT2D eigenvalue weighted by Gasteiger charge is 2.51. The molecule has 2 aromatic rings. The summed E-state index contributed by atoms with van der Waals surface area (Å²) in [6, 6.07) is 21.4. The zero-order valence-corrected chi connectivity index (χ0v) is 22.3. The average Bonchev–Trinajstić information content (AvgIpc) is 3.11. The molecule has 2 aromatic carbocycles. The van der Waals surface area contributed by atoms with Crippen molar-refractivity contribution in [3.05, 3.63) is 60.7 Å². The molecule has 0 saturated carbocycles. The van der Waals surface area contributed by atoms with Gasteiger partial charge in [-0.05, 0) is 28.3 Å². The van der Waals surface area contributed by atoms with Crippen molar-refractivity contribution < 1.29 is 18.7 Å². The van der Waals surface area contributed by atoms with E-state index in [1.54, 1.807) is 0 Å². The molecule has 4 nitrogen and oxygen atoms in total. The zero-order chi connectivity index (χ0) is 22.8. The standard InChI is InChI=1S/C26H33IO4Si/c1-26(2,3)32(19-11-6-4-7-12-19,20-13-8-5-9-14-20)30-18-24-22(27)16-10-15-21-23(31-24)17-29-25(21)28/h4-9,11-14,21-24H,10,15-18H2,1-3H3/t21-,22?,23-,24+/m0/s1. The molecular formula is C26H33IO4Si. The van der Waals surface area contributed by atoms with Crippen LogP contribution in [0.5, 0.6) is 0 Å². The van der Waals surface area contributed by atoms with Crippen LogP contribution in [0.4, 0.5) is 0 Å². The fraction of sp³-hybridized carbons (Fsp3) is 0.500. The number of fused-ring (bicyclic) bond motifs is 1. The zero-order valence-electron chi connectivity index (χ0n) is 19.1. The molecule has 1 unspecified atom stereocenters. The Kier molecular flexibility index (Phi) is 7.44. The van der Waals surface area contributed by atoms with Gasteiger partial charge in [0.05, 0.1) is 18.6 Å². The molecule has 0 spiro atoms. The minimum Gasteiger partial charge on any atom is -0.463 e. The van der Waals surface area contributed by atoms with Crippen LogP contribution >= 0.6 is 22.6 Å². The van der Waals surface area contributed by atoms with Crippen molar-refractivity contribution >= 4 is 47.3 Å². The first-order valence-corrected chi connectivity index (χ1v) is 14.7. The summed E-state index contributed by atoms with van der Waals surface area (Å²) in [7, 11) is -2.62. The Balaban J connectivity index is 1.67. The van der Waals surface area contributed by atoms with Crippen LogP contribution in [-0.2, 0) is 18.7 Å². The molecule has 4 atom stereocenters. The van der Waals surface area contributed by atoms with Crippen LogP contribution in [0.15, 0.2) is 60.7 Å². The number of halogens is 1. The lowest BCUT2D eigenvalue weighted by Crippen LogP contribution is -2.67. The van der Waals surface area contributed by atoms with Gasteiger partial charge in [0.25, 0.3) is 8.32 Å². The molecule has 0 amide bonds. The van der Waals surface area contributed by atoms with Gasteiger partial charge in [0.1, 0.15) is 12.7 Å². The molecule has 6 heteroatoms. The molecule has 0 radical (unpaired) electrons. The lowest BCUT2D eigenvalue weighted by Gasteiger charge is -2.44. The van der Waals surface area contributed by atoms with Crippen molar-refractivity contribution in [1.29, 1.82) is 0 Å². The molecule has 4 rings (SSSR count). The number of carbonyl (C=O) groups is 1. The van der Waals surface area contributed by atoms with Crippen LogP contribution in [0, 0.1) is 5.92 Å². The summed E-state index contributed by atoms with van der Waals surface area (Å²) in [6.45, 7) is 7.75. The molecule has 2 saturated heterocycles. The number of hydrogen-bond acceptors (Lipinski definition) is 4. The van der Waals surface area contributed by atoms with Crippen LogP contribution in [0.1, 0.15) is 40.0 Å². The summed E-state index contributed by atoms with van der Waals surface area (Å²) >= 11 is 2.51. The van der Waals surface area contributed by atoms with Gasteiger partial charge in [-0.25, -0.2) is 0 Å². The topological polar surface area (TPSA) is 44.8 Å². The van der Waals surface area contributed by atoms with Gasteiger partial charge in [0.15, 0.2) is 0 Å². The third kappa shape index (κ3) is 4.69. The predicted molar refractivity (Wildman–Crippen MR) is 138 cm³/mol. The summed E-state index contributed by atoms with van der Waals surface area (Å²) in [4.78, 5) is 12.2. The smallest absolute Gasteiger partial charge is 0.311 e. The second-order valence-corrected chi connectivity index (χ2v) is 15.8. The van der Waals surface area contributed by atoms with Gasteiger partial charge in [-0.15, -0.1) is 0 Å². The number of cyclic esters (lactones) is 1. The first-order chi connectivity index (χ1) is 15.3. The van der Waals surface area contributed by atoms with Gasteiger partial charge in [-0.2, -0.15) is 0 Å². The number of rotatable bonds is 5. The Hall–Kier alpha value is -1.22. The van der Waals surface area contributed by atoms with E-state index in [0.717, 1.165) is 19.3 Å². The van der Waals surface area contributed by atoms with Crippen LogP contribution in [0.2, 0.25) is 5.04 Å². The van der Waals surface area contributed by atoms with Gasteiger partial charge in [-0.1, -0.05) is 110 Å². The van der Waals surface area contributed by atoms with Crippen molar-refractivity contribution in [1.82, 2.24) is 0 Å². The number of hydrogen-bond donors (Lipinski definition) is 0. The highest BCUT2D eigenvalue weighted by atomic mass is 127. The minimum absolute atomic E-state index is 0.0699. The molecule has 32 heavy (non-hydrogen) atoms.